The van der Waals surface area contributed by atoms with Crippen LogP contribution in [-0.2, 0) is 24.4 Å². The maximum Gasteiger partial charge on any atom is 0.174 e. The highest BCUT2D eigenvalue weighted by Crippen LogP contribution is 2.28. The van der Waals surface area contributed by atoms with Gasteiger partial charge in [-0.05, 0) is 67.6 Å². The lowest BCUT2D eigenvalue weighted by Gasteiger charge is -2.32. The van der Waals surface area contributed by atoms with Gasteiger partial charge < -0.3 is 4.74 Å². The molecule has 2 aliphatic heterocycles. The summed E-state index contributed by atoms with van der Waals surface area (Å²) in [6, 6.07) is 25.4. The number of hydrogen-bond acceptors (Lipinski definition) is 4. The topological polar surface area (TPSA) is 32.8 Å². The predicted octanol–water partition coefficient (Wildman–Crippen LogP) is 5.85. The third kappa shape index (κ3) is 6.59. The molecular weight excluding hydrogens is 451 g/mol. The van der Waals surface area contributed by atoms with Crippen LogP contribution in [0.5, 0.6) is 5.75 Å². The number of carbonyl (C=O) groups excluding carboxylic acids is 1. The van der Waals surface area contributed by atoms with Gasteiger partial charge in [0.15, 0.2) is 11.9 Å². The number of likely N-dealkylation sites (tertiary alicyclic amines) is 1. The van der Waals surface area contributed by atoms with Crippen LogP contribution in [0.2, 0.25) is 0 Å². The molecule has 5 heteroatoms. The molecule has 0 amide bonds. The first-order valence-electron chi connectivity index (χ1n) is 13.1. The van der Waals surface area contributed by atoms with E-state index in [1.54, 1.807) is 12.1 Å². The van der Waals surface area contributed by atoms with Crippen molar-refractivity contribution in [1.29, 1.82) is 0 Å². The van der Waals surface area contributed by atoms with E-state index in [0.717, 1.165) is 68.9 Å². The van der Waals surface area contributed by atoms with Crippen molar-refractivity contribution in [2.24, 2.45) is 5.92 Å². The molecule has 0 N–H and O–H groups in total. The molecule has 3 aromatic carbocycles. The lowest BCUT2D eigenvalue weighted by atomic mass is 9.90. The Balaban J connectivity index is 1.15. The summed E-state index contributed by atoms with van der Waals surface area (Å²) >= 11 is 0. The highest BCUT2D eigenvalue weighted by Gasteiger charge is 2.29. The number of benzene rings is 3. The molecule has 0 aromatic heterocycles. The molecule has 0 aliphatic carbocycles. The normalized spacial score (nSPS) is 19.3. The van der Waals surface area contributed by atoms with E-state index >= 15 is 0 Å². The molecule has 0 saturated carbocycles. The molecule has 0 bridgehead atoms. The number of ether oxygens (including phenoxy) is 1. The summed E-state index contributed by atoms with van der Waals surface area (Å²) in [5.41, 5.74) is 3.40. The number of ketones is 1. The summed E-state index contributed by atoms with van der Waals surface area (Å²) < 4.78 is 19.8. The van der Waals surface area contributed by atoms with Crippen molar-refractivity contribution in [2.45, 2.75) is 51.4 Å². The van der Waals surface area contributed by atoms with Crippen molar-refractivity contribution in [3.05, 3.63) is 101 Å². The van der Waals surface area contributed by atoms with Gasteiger partial charge >= 0.3 is 0 Å². The van der Waals surface area contributed by atoms with Crippen molar-refractivity contribution in [1.82, 2.24) is 9.80 Å². The first-order chi connectivity index (χ1) is 17.6. The molecular formula is C31H35FN2O2. The lowest BCUT2D eigenvalue weighted by Crippen LogP contribution is -2.38. The van der Waals surface area contributed by atoms with E-state index in [1.165, 1.54) is 11.6 Å². The zero-order valence-corrected chi connectivity index (χ0v) is 20.8. The first-order valence-corrected chi connectivity index (χ1v) is 13.1. The molecule has 1 unspecified atom stereocenters. The van der Waals surface area contributed by atoms with Gasteiger partial charge in [0.25, 0.3) is 0 Å². The quantitative estimate of drug-likeness (QED) is 0.400. The molecule has 4 nitrogen and oxygen atoms in total. The molecule has 5 rings (SSSR count). The monoisotopic (exact) mass is 486 g/mol. The maximum absolute atomic E-state index is 13.5. The van der Waals surface area contributed by atoms with E-state index in [9.17, 15) is 9.18 Å². The Labute approximate surface area is 213 Å². The summed E-state index contributed by atoms with van der Waals surface area (Å²) in [5.74, 6) is 1.41. The van der Waals surface area contributed by atoms with Gasteiger partial charge in [-0.15, -0.1) is 0 Å². The van der Waals surface area contributed by atoms with Gasteiger partial charge in [-0.2, -0.15) is 0 Å². The van der Waals surface area contributed by atoms with Crippen molar-refractivity contribution in [2.75, 3.05) is 19.6 Å². The average molecular weight is 487 g/mol. The molecule has 1 saturated heterocycles. The Morgan fingerprint density at radius 3 is 2.39 bits per heavy atom. The lowest BCUT2D eigenvalue weighted by molar-refractivity contribution is -0.126. The maximum atomic E-state index is 13.5. The number of rotatable bonds is 8. The fourth-order valence-corrected chi connectivity index (χ4v) is 5.44. The van der Waals surface area contributed by atoms with Gasteiger partial charge in [0.05, 0.1) is 0 Å². The molecule has 188 valence electrons. The second-order valence-electron chi connectivity index (χ2n) is 10.2. The third-order valence-electron chi connectivity index (χ3n) is 7.47. The van der Waals surface area contributed by atoms with Gasteiger partial charge in [0.1, 0.15) is 11.6 Å². The van der Waals surface area contributed by atoms with Gasteiger partial charge in [0.2, 0.25) is 0 Å². The number of nitrogens with zero attached hydrogens (tertiary/aromatic N) is 2. The summed E-state index contributed by atoms with van der Waals surface area (Å²) in [4.78, 5) is 18.1. The molecule has 0 radical (unpaired) electrons. The number of para-hydroxylation sites is 1. The highest BCUT2D eigenvalue weighted by atomic mass is 19.1. The smallest absolute Gasteiger partial charge is 0.174 e. The van der Waals surface area contributed by atoms with Gasteiger partial charge in [-0.3, -0.25) is 14.6 Å². The van der Waals surface area contributed by atoms with Gasteiger partial charge in [-0.1, -0.05) is 60.7 Å². The van der Waals surface area contributed by atoms with Crippen LogP contribution in [0.1, 0.15) is 42.4 Å². The summed E-state index contributed by atoms with van der Waals surface area (Å²) in [7, 11) is 0. The largest absolute Gasteiger partial charge is 0.481 e. The second kappa shape index (κ2) is 11.8. The van der Waals surface area contributed by atoms with Crippen LogP contribution in [0, 0.1) is 11.7 Å². The van der Waals surface area contributed by atoms with Crippen LogP contribution in [-0.4, -0.2) is 41.3 Å². The number of halogens is 1. The van der Waals surface area contributed by atoms with Crippen LogP contribution in [0.4, 0.5) is 4.39 Å². The first kappa shape index (κ1) is 24.7. The van der Waals surface area contributed by atoms with Crippen LogP contribution < -0.4 is 4.74 Å². The summed E-state index contributed by atoms with van der Waals surface area (Å²) in [6.07, 6.45) is 3.19. The van der Waals surface area contributed by atoms with Crippen molar-refractivity contribution >= 4 is 5.78 Å². The van der Waals surface area contributed by atoms with Crippen LogP contribution in [0.3, 0.4) is 0 Å². The Kier molecular flexibility index (Phi) is 8.09. The number of piperidine rings is 1. The average Bonchev–Trinajstić information content (AvgIpc) is 3.08. The fraction of sp³-hybridized carbons (Fsp3) is 0.387. The van der Waals surface area contributed by atoms with Crippen molar-refractivity contribution in [3.63, 3.8) is 0 Å². The van der Waals surface area contributed by atoms with E-state index in [0.29, 0.717) is 18.9 Å². The Hall–Kier alpha value is -3.02. The minimum absolute atomic E-state index is 0.174. The molecule has 1 atom stereocenters. The second-order valence-corrected chi connectivity index (χ2v) is 10.2. The van der Waals surface area contributed by atoms with E-state index in [4.69, 9.17) is 4.74 Å². The third-order valence-corrected chi connectivity index (χ3v) is 7.47. The van der Waals surface area contributed by atoms with Gasteiger partial charge in [-0.25, -0.2) is 4.39 Å². The summed E-state index contributed by atoms with van der Waals surface area (Å²) in [5, 5.41) is 0. The van der Waals surface area contributed by atoms with Crippen molar-refractivity contribution in [3.8, 4) is 5.75 Å². The number of Topliss-reactive ketones (excluding diaryl/α,β-unsaturated/α-hetero) is 1. The molecule has 1 fully saturated rings. The fourth-order valence-electron chi connectivity index (χ4n) is 5.44. The summed E-state index contributed by atoms with van der Waals surface area (Å²) in [6.45, 7) is 4.95. The molecule has 2 aliphatic rings. The van der Waals surface area contributed by atoms with Crippen LogP contribution in [0.25, 0.3) is 0 Å². The molecule has 0 spiro atoms. The van der Waals surface area contributed by atoms with E-state index in [1.807, 2.05) is 30.3 Å². The number of hydrogen-bond donors (Lipinski definition) is 0. The molecule has 2 heterocycles. The van der Waals surface area contributed by atoms with Gasteiger partial charge in [0, 0.05) is 38.2 Å². The highest BCUT2D eigenvalue weighted by molar-refractivity contribution is 5.83. The standard InChI is InChI=1S/C31H35FN2O2/c32-28-11-6-9-26(19-28)21-33-17-15-24(16-18-33)13-14-29(35)31-23-34(20-25-7-2-1-3-8-25)22-27-10-4-5-12-30(27)36-31/h1-12,19,24,31H,13-18,20-23H2. The van der Waals surface area contributed by atoms with E-state index in [2.05, 4.69) is 40.1 Å². The van der Waals surface area contributed by atoms with Crippen LogP contribution >= 0.6 is 0 Å². The SMILES string of the molecule is O=C(CCC1CCN(Cc2cccc(F)c2)CC1)C1CN(Cc2ccccc2)Cc2ccccc2O1. The minimum Gasteiger partial charge on any atom is -0.481 e. The molecule has 36 heavy (non-hydrogen) atoms. The zero-order chi connectivity index (χ0) is 24.7. The Morgan fingerprint density at radius 1 is 0.861 bits per heavy atom. The minimum atomic E-state index is -0.439. The van der Waals surface area contributed by atoms with Crippen molar-refractivity contribution < 1.29 is 13.9 Å². The number of carbonyl (C=O) groups is 1. The van der Waals surface area contributed by atoms with Crippen LogP contribution in [0.15, 0.2) is 78.9 Å². The molecule has 3 aromatic rings. The Bertz CT molecular complexity index is 1140. The number of fused-ring (bicyclic) bond motifs is 1. The van der Waals surface area contributed by atoms with E-state index in [-0.39, 0.29) is 11.6 Å². The zero-order valence-electron chi connectivity index (χ0n) is 20.8. The predicted molar refractivity (Wildman–Crippen MR) is 140 cm³/mol. The Morgan fingerprint density at radius 2 is 1.58 bits per heavy atom. The van der Waals surface area contributed by atoms with E-state index < -0.39 is 6.10 Å².